The van der Waals surface area contributed by atoms with E-state index in [1.54, 1.807) is 11.0 Å². The van der Waals surface area contributed by atoms with Gasteiger partial charge in [0.2, 0.25) is 11.8 Å². The van der Waals surface area contributed by atoms with Crippen molar-refractivity contribution in [1.29, 1.82) is 0 Å². The van der Waals surface area contributed by atoms with Crippen LogP contribution in [0.1, 0.15) is 47.2 Å². The SMILES string of the molecule is N[C@H]1C[C@H](CNCc2cccc3c2CN(C2CCC(=O)NC2=O)C3=O)[C@H](O)C1. The predicted octanol–water partition coefficient (Wildman–Crippen LogP) is -0.365. The fraction of sp³-hybridized carbons (Fsp3) is 0.550. The first-order chi connectivity index (χ1) is 13.4. The van der Waals surface area contributed by atoms with Gasteiger partial charge in [-0.3, -0.25) is 19.7 Å². The smallest absolute Gasteiger partial charge is 0.255 e. The third kappa shape index (κ3) is 3.55. The topological polar surface area (TPSA) is 125 Å². The summed E-state index contributed by atoms with van der Waals surface area (Å²) in [5, 5.41) is 15.7. The van der Waals surface area contributed by atoms with Crippen LogP contribution in [-0.2, 0) is 22.7 Å². The van der Waals surface area contributed by atoms with Gasteiger partial charge in [0.15, 0.2) is 0 Å². The molecule has 0 spiro atoms. The van der Waals surface area contributed by atoms with Crippen molar-refractivity contribution in [3.05, 3.63) is 34.9 Å². The number of aliphatic hydroxyl groups excluding tert-OH is 1. The van der Waals surface area contributed by atoms with E-state index in [1.807, 2.05) is 12.1 Å². The standard InChI is InChI=1S/C20H26N4O4/c21-13-6-12(17(25)7-13)9-22-8-11-2-1-3-14-15(11)10-24(20(14)28)16-4-5-18(26)23-19(16)27/h1-3,12-13,16-17,22,25H,4-10,21H2,(H,23,26,27)/t12-,13+,16?,17-/m1/s1. The molecule has 3 amide bonds. The van der Waals surface area contributed by atoms with E-state index >= 15 is 0 Å². The summed E-state index contributed by atoms with van der Waals surface area (Å²) in [6.07, 6.45) is 1.69. The first-order valence-corrected chi connectivity index (χ1v) is 9.84. The molecule has 1 unspecified atom stereocenters. The van der Waals surface area contributed by atoms with Crippen LogP contribution in [-0.4, -0.2) is 52.5 Å². The third-order valence-corrected chi connectivity index (χ3v) is 6.09. The van der Waals surface area contributed by atoms with E-state index < -0.39 is 11.9 Å². The van der Waals surface area contributed by atoms with E-state index in [0.717, 1.165) is 17.5 Å². The number of carbonyl (C=O) groups excluding carboxylic acids is 3. The molecule has 0 aromatic heterocycles. The van der Waals surface area contributed by atoms with Gasteiger partial charge in [-0.1, -0.05) is 12.1 Å². The van der Waals surface area contributed by atoms with Crippen molar-refractivity contribution in [2.75, 3.05) is 6.54 Å². The Labute approximate surface area is 163 Å². The summed E-state index contributed by atoms with van der Waals surface area (Å²) >= 11 is 0. The molecule has 2 aliphatic heterocycles. The molecule has 2 fully saturated rings. The van der Waals surface area contributed by atoms with Crippen LogP contribution in [0.5, 0.6) is 0 Å². The monoisotopic (exact) mass is 386 g/mol. The van der Waals surface area contributed by atoms with Gasteiger partial charge < -0.3 is 21.1 Å². The summed E-state index contributed by atoms with van der Waals surface area (Å²) in [5.74, 6) is -0.704. The lowest BCUT2D eigenvalue weighted by Gasteiger charge is -2.29. The Morgan fingerprint density at radius 1 is 1.25 bits per heavy atom. The highest BCUT2D eigenvalue weighted by molar-refractivity contribution is 6.05. The van der Waals surface area contributed by atoms with E-state index in [0.29, 0.717) is 38.0 Å². The Kier molecular flexibility index (Phi) is 5.18. The predicted molar refractivity (Wildman–Crippen MR) is 101 cm³/mol. The molecule has 150 valence electrons. The second kappa shape index (κ2) is 7.62. The number of imide groups is 1. The summed E-state index contributed by atoms with van der Waals surface area (Å²) in [6, 6.07) is 5.06. The molecule has 28 heavy (non-hydrogen) atoms. The fourth-order valence-corrected chi connectivity index (χ4v) is 4.57. The number of piperidine rings is 1. The number of nitrogens with two attached hydrogens (primary N) is 1. The van der Waals surface area contributed by atoms with Gasteiger partial charge in [-0.25, -0.2) is 0 Å². The largest absolute Gasteiger partial charge is 0.393 e. The van der Waals surface area contributed by atoms with Crippen LogP contribution in [0.4, 0.5) is 0 Å². The summed E-state index contributed by atoms with van der Waals surface area (Å²) in [7, 11) is 0. The van der Waals surface area contributed by atoms with Gasteiger partial charge in [0.25, 0.3) is 5.91 Å². The second-order valence-corrected chi connectivity index (χ2v) is 8.03. The number of benzene rings is 1. The summed E-state index contributed by atoms with van der Waals surface area (Å²) in [5.41, 5.74) is 8.46. The van der Waals surface area contributed by atoms with Gasteiger partial charge >= 0.3 is 0 Å². The quantitative estimate of drug-likeness (QED) is 0.512. The zero-order valence-corrected chi connectivity index (χ0v) is 15.7. The van der Waals surface area contributed by atoms with Crippen LogP contribution in [0.25, 0.3) is 0 Å². The Hall–Kier alpha value is -2.29. The number of fused-ring (bicyclic) bond motifs is 1. The number of amides is 3. The molecule has 1 saturated heterocycles. The average molecular weight is 386 g/mol. The van der Waals surface area contributed by atoms with Crippen molar-refractivity contribution in [2.24, 2.45) is 11.7 Å². The van der Waals surface area contributed by atoms with Gasteiger partial charge in [-0.15, -0.1) is 0 Å². The number of rotatable bonds is 5. The number of nitrogens with zero attached hydrogens (tertiary/aromatic N) is 1. The number of aliphatic hydroxyl groups is 1. The first-order valence-electron chi connectivity index (χ1n) is 9.84. The molecule has 3 aliphatic rings. The minimum absolute atomic E-state index is 0.0578. The minimum atomic E-state index is -0.603. The summed E-state index contributed by atoms with van der Waals surface area (Å²) in [4.78, 5) is 38.0. The van der Waals surface area contributed by atoms with Crippen molar-refractivity contribution in [2.45, 2.75) is 57.0 Å². The Bertz CT molecular complexity index is 811. The number of nitrogens with one attached hydrogen (secondary N) is 2. The maximum Gasteiger partial charge on any atom is 0.255 e. The number of carbonyl (C=O) groups is 3. The average Bonchev–Trinajstić information content (AvgIpc) is 3.15. The summed E-state index contributed by atoms with van der Waals surface area (Å²) in [6.45, 7) is 1.62. The van der Waals surface area contributed by atoms with E-state index in [9.17, 15) is 19.5 Å². The van der Waals surface area contributed by atoms with Crippen molar-refractivity contribution in [3.8, 4) is 0 Å². The van der Waals surface area contributed by atoms with Crippen LogP contribution in [0.15, 0.2) is 18.2 Å². The van der Waals surface area contributed by atoms with Crippen molar-refractivity contribution in [1.82, 2.24) is 15.5 Å². The molecule has 1 saturated carbocycles. The minimum Gasteiger partial charge on any atom is -0.393 e. The van der Waals surface area contributed by atoms with E-state index in [4.69, 9.17) is 5.73 Å². The highest BCUT2D eigenvalue weighted by Gasteiger charge is 2.39. The lowest BCUT2D eigenvalue weighted by molar-refractivity contribution is -0.136. The van der Waals surface area contributed by atoms with E-state index in [2.05, 4.69) is 10.6 Å². The normalized spacial score (nSPS) is 29.9. The fourth-order valence-electron chi connectivity index (χ4n) is 4.57. The molecule has 4 rings (SSSR count). The van der Waals surface area contributed by atoms with Gasteiger partial charge in [0.1, 0.15) is 6.04 Å². The van der Waals surface area contributed by atoms with Gasteiger partial charge in [-0.05, 0) is 42.4 Å². The second-order valence-electron chi connectivity index (χ2n) is 8.03. The third-order valence-electron chi connectivity index (χ3n) is 6.09. The van der Waals surface area contributed by atoms with Crippen LogP contribution >= 0.6 is 0 Å². The molecule has 8 heteroatoms. The zero-order chi connectivity index (χ0) is 19.8. The molecule has 1 aromatic carbocycles. The maximum absolute atomic E-state index is 12.8. The molecule has 4 atom stereocenters. The van der Waals surface area contributed by atoms with Crippen LogP contribution in [0, 0.1) is 5.92 Å². The lowest BCUT2D eigenvalue weighted by atomic mass is 10.0. The lowest BCUT2D eigenvalue weighted by Crippen LogP contribution is -2.52. The molecule has 1 aromatic rings. The van der Waals surface area contributed by atoms with Crippen molar-refractivity contribution >= 4 is 17.7 Å². The number of hydrogen-bond donors (Lipinski definition) is 4. The van der Waals surface area contributed by atoms with E-state index in [1.165, 1.54) is 0 Å². The van der Waals surface area contributed by atoms with Crippen LogP contribution in [0.2, 0.25) is 0 Å². The zero-order valence-electron chi connectivity index (χ0n) is 15.7. The first kappa shape index (κ1) is 19.0. The molecular formula is C20H26N4O4. The summed E-state index contributed by atoms with van der Waals surface area (Å²) < 4.78 is 0. The van der Waals surface area contributed by atoms with Crippen LogP contribution in [0.3, 0.4) is 0 Å². The van der Waals surface area contributed by atoms with Crippen molar-refractivity contribution < 1.29 is 19.5 Å². The molecule has 5 N–H and O–H groups in total. The van der Waals surface area contributed by atoms with Crippen LogP contribution < -0.4 is 16.4 Å². The highest BCUT2D eigenvalue weighted by atomic mass is 16.3. The molecule has 8 nitrogen and oxygen atoms in total. The molecule has 2 heterocycles. The van der Waals surface area contributed by atoms with Gasteiger partial charge in [-0.2, -0.15) is 0 Å². The Balaban J connectivity index is 1.43. The molecule has 0 bridgehead atoms. The Morgan fingerprint density at radius 3 is 2.79 bits per heavy atom. The Morgan fingerprint density at radius 2 is 2.07 bits per heavy atom. The highest BCUT2D eigenvalue weighted by Crippen LogP contribution is 2.30. The number of hydrogen-bond acceptors (Lipinski definition) is 6. The van der Waals surface area contributed by atoms with Gasteiger partial charge in [0.05, 0.1) is 6.10 Å². The van der Waals surface area contributed by atoms with Crippen molar-refractivity contribution in [3.63, 3.8) is 0 Å². The maximum atomic E-state index is 12.8. The van der Waals surface area contributed by atoms with E-state index in [-0.39, 0.29) is 36.3 Å². The molecular weight excluding hydrogens is 360 g/mol. The molecule has 1 aliphatic carbocycles. The molecule has 0 radical (unpaired) electrons. The van der Waals surface area contributed by atoms with Gasteiger partial charge in [0, 0.05) is 37.7 Å².